The highest BCUT2D eigenvalue weighted by Crippen LogP contribution is 2.11. The van der Waals surface area contributed by atoms with Crippen LogP contribution in [-0.4, -0.2) is 60.5 Å². The largest absolute Gasteiger partial charge is 0.452 e. The van der Waals surface area contributed by atoms with Crippen molar-refractivity contribution in [2.24, 2.45) is 0 Å². The lowest BCUT2D eigenvalue weighted by atomic mass is 10.1. The number of urea groups is 1. The molecule has 164 valence electrons. The number of nitrogens with zero attached hydrogens (tertiary/aromatic N) is 2. The standard InChI is InChI=1S/C24H29N3O4/c1-2-3-7-19-10-12-20(13-11-19)23(29)31-18-22(28)26-14-16-27(17-15-26)24(30)25-21-8-5-4-6-9-21/h4-6,8-13H,2-3,7,14-18H2,1H3,(H,25,30). The Bertz CT molecular complexity index is 875. The van der Waals surface area contributed by atoms with Crippen LogP contribution in [-0.2, 0) is 16.0 Å². The maximum atomic E-state index is 12.4. The van der Waals surface area contributed by atoms with Crippen molar-refractivity contribution in [3.05, 3.63) is 65.7 Å². The zero-order valence-electron chi connectivity index (χ0n) is 17.9. The minimum Gasteiger partial charge on any atom is -0.452 e. The van der Waals surface area contributed by atoms with Gasteiger partial charge < -0.3 is 19.9 Å². The van der Waals surface area contributed by atoms with Gasteiger partial charge in [-0.2, -0.15) is 0 Å². The van der Waals surface area contributed by atoms with Gasteiger partial charge in [-0.15, -0.1) is 0 Å². The van der Waals surface area contributed by atoms with Gasteiger partial charge in [-0.1, -0.05) is 43.7 Å². The first-order valence-electron chi connectivity index (χ1n) is 10.7. The summed E-state index contributed by atoms with van der Waals surface area (Å²) in [5, 5.41) is 2.84. The minimum absolute atomic E-state index is 0.188. The Kier molecular flexibility index (Phi) is 8.04. The number of ether oxygens (including phenoxy) is 1. The van der Waals surface area contributed by atoms with Crippen molar-refractivity contribution in [3.63, 3.8) is 0 Å². The molecule has 0 atom stereocenters. The summed E-state index contributed by atoms with van der Waals surface area (Å²) in [6, 6.07) is 16.4. The van der Waals surface area contributed by atoms with E-state index in [2.05, 4.69) is 12.2 Å². The lowest BCUT2D eigenvalue weighted by Crippen LogP contribution is -2.52. The number of rotatable bonds is 7. The number of hydrogen-bond donors (Lipinski definition) is 1. The number of anilines is 1. The van der Waals surface area contributed by atoms with Gasteiger partial charge in [0.2, 0.25) is 0 Å². The molecule has 1 fully saturated rings. The fourth-order valence-corrected chi connectivity index (χ4v) is 3.37. The molecule has 0 aromatic heterocycles. The second-order valence-electron chi connectivity index (χ2n) is 7.54. The summed E-state index contributed by atoms with van der Waals surface area (Å²) in [4.78, 5) is 40.2. The highest BCUT2D eigenvalue weighted by molar-refractivity contribution is 5.91. The van der Waals surface area contributed by atoms with Gasteiger partial charge in [-0.05, 0) is 42.7 Å². The van der Waals surface area contributed by atoms with E-state index >= 15 is 0 Å². The maximum absolute atomic E-state index is 12.4. The van der Waals surface area contributed by atoms with E-state index in [0.29, 0.717) is 31.7 Å². The van der Waals surface area contributed by atoms with Crippen LogP contribution in [0.25, 0.3) is 0 Å². The van der Waals surface area contributed by atoms with Crippen LogP contribution >= 0.6 is 0 Å². The minimum atomic E-state index is -0.503. The molecule has 1 saturated heterocycles. The van der Waals surface area contributed by atoms with E-state index in [1.807, 2.05) is 42.5 Å². The lowest BCUT2D eigenvalue weighted by molar-refractivity contribution is -0.135. The number of unbranched alkanes of at least 4 members (excludes halogenated alkanes) is 1. The molecule has 1 aliphatic heterocycles. The van der Waals surface area contributed by atoms with Crippen LogP contribution in [0.15, 0.2) is 54.6 Å². The summed E-state index contributed by atoms with van der Waals surface area (Å²) in [6.07, 6.45) is 3.22. The molecular formula is C24H29N3O4. The van der Waals surface area contributed by atoms with Gasteiger partial charge in [0.05, 0.1) is 5.56 Å². The van der Waals surface area contributed by atoms with Crippen molar-refractivity contribution in [1.29, 1.82) is 0 Å². The summed E-state index contributed by atoms with van der Waals surface area (Å²) >= 11 is 0. The Labute approximate surface area is 183 Å². The van der Waals surface area contributed by atoms with Gasteiger partial charge >= 0.3 is 12.0 Å². The Morgan fingerprint density at radius 3 is 2.19 bits per heavy atom. The molecule has 0 saturated carbocycles. The first-order valence-corrected chi connectivity index (χ1v) is 10.7. The molecular weight excluding hydrogens is 394 g/mol. The number of carbonyl (C=O) groups is 3. The molecule has 2 aromatic rings. The predicted molar refractivity (Wildman–Crippen MR) is 119 cm³/mol. The number of benzene rings is 2. The van der Waals surface area contributed by atoms with E-state index in [4.69, 9.17) is 4.74 Å². The van der Waals surface area contributed by atoms with Crippen LogP contribution in [0.4, 0.5) is 10.5 Å². The summed E-state index contributed by atoms with van der Waals surface area (Å²) < 4.78 is 5.19. The highest BCUT2D eigenvalue weighted by atomic mass is 16.5. The van der Waals surface area contributed by atoms with Crippen LogP contribution in [0.1, 0.15) is 35.7 Å². The van der Waals surface area contributed by atoms with Crippen molar-refractivity contribution in [2.75, 3.05) is 38.1 Å². The molecule has 7 nitrogen and oxygen atoms in total. The lowest BCUT2D eigenvalue weighted by Gasteiger charge is -2.34. The zero-order valence-corrected chi connectivity index (χ0v) is 17.9. The number of esters is 1. The van der Waals surface area contributed by atoms with E-state index in [9.17, 15) is 14.4 Å². The fraction of sp³-hybridized carbons (Fsp3) is 0.375. The third-order valence-electron chi connectivity index (χ3n) is 5.28. The molecule has 0 radical (unpaired) electrons. The Morgan fingerprint density at radius 2 is 1.55 bits per heavy atom. The Morgan fingerprint density at radius 1 is 0.903 bits per heavy atom. The van der Waals surface area contributed by atoms with Crippen LogP contribution < -0.4 is 5.32 Å². The average molecular weight is 424 g/mol. The van der Waals surface area contributed by atoms with Crippen LogP contribution in [0.5, 0.6) is 0 Å². The zero-order chi connectivity index (χ0) is 22.1. The second kappa shape index (κ2) is 11.2. The average Bonchev–Trinajstić information content (AvgIpc) is 2.82. The normalized spacial score (nSPS) is 13.6. The molecule has 1 N–H and O–H groups in total. The maximum Gasteiger partial charge on any atom is 0.338 e. The first-order chi connectivity index (χ1) is 15.1. The van der Waals surface area contributed by atoms with E-state index in [0.717, 1.165) is 24.9 Å². The van der Waals surface area contributed by atoms with Crippen LogP contribution in [0.3, 0.4) is 0 Å². The van der Waals surface area contributed by atoms with Crippen molar-refractivity contribution in [3.8, 4) is 0 Å². The first kappa shape index (κ1) is 22.3. The van der Waals surface area contributed by atoms with Gasteiger partial charge in [0.15, 0.2) is 6.61 Å². The van der Waals surface area contributed by atoms with E-state index < -0.39 is 5.97 Å². The number of hydrogen-bond acceptors (Lipinski definition) is 4. The molecule has 1 aliphatic rings. The van der Waals surface area contributed by atoms with E-state index in [1.54, 1.807) is 21.9 Å². The Balaban J connectivity index is 1.40. The predicted octanol–water partition coefficient (Wildman–Crippen LogP) is 3.56. The van der Waals surface area contributed by atoms with Crippen LogP contribution in [0.2, 0.25) is 0 Å². The number of aryl methyl sites for hydroxylation is 1. The van der Waals surface area contributed by atoms with Gasteiger partial charge in [0.1, 0.15) is 0 Å². The van der Waals surface area contributed by atoms with Crippen molar-refractivity contribution in [2.45, 2.75) is 26.2 Å². The smallest absolute Gasteiger partial charge is 0.338 e. The summed E-state index contributed by atoms with van der Waals surface area (Å²) in [6.45, 7) is 3.51. The van der Waals surface area contributed by atoms with E-state index in [1.165, 1.54) is 5.56 Å². The van der Waals surface area contributed by atoms with Crippen molar-refractivity contribution in [1.82, 2.24) is 9.80 Å². The fourth-order valence-electron chi connectivity index (χ4n) is 3.37. The van der Waals surface area contributed by atoms with Crippen LogP contribution in [0, 0.1) is 0 Å². The third-order valence-corrected chi connectivity index (χ3v) is 5.28. The SMILES string of the molecule is CCCCc1ccc(C(=O)OCC(=O)N2CCN(C(=O)Nc3ccccc3)CC2)cc1. The molecule has 2 aromatic carbocycles. The van der Waals surface area contributed by atoms with Gasteiger partial charge in [-0.3, -0.25) is 4.79 Å². The number of nitrogens with one attached hydrogen (secondary N) is 1. The van der Waals surface area contributed by atoms with Gasteiger partial charge in [-0.25, -0.2) is 9.59 Å². The molecule has 3 amide bonds. The Hall–Kier alpha value is -3.35. The molecule has 31 heavy (non-hydrogen) atoms. The summed E-state index contributed by atoms with van der Waals surface area (Å²) in [7, 11) is 0. The van der Waals surface area contributed by atoms with Gasteiger partial charge in [0.25, 0.3) is 5.91 Å². The molecule has 1 heterocycles. The number of para-hydroxylation sites is 1. The highest BCUT2D eigenvalue weighted by Gasteiger charge is 2.25. The van der Waals surface area contributed by atoms with E-state index in [-0.39, 0.29) is 18.5 Å². The summed E-state index contributed by atoms with van der Waals surface area (Å²) in [5.41, 5.74) is 2.36. The molecule has 0 bridgehead atoms. The third kappa shape index (κ3) is 6.57. The number of piperazine rings is 1. The molecule has 7 heteroatoms. The van der Waals surface area contributed by atoms with Gasteiger partial charge in [0, 0.05) is 31.9 Å². The van der Waals surface area contributed by atoms with Crippen molar-refractivity contribution >= 4 is 23.6 Å². The van der Waals surface area contributed by atoms with Crippen molar-refractivity contribution < 1.29 is 19.1 Å². The number of carbonyl (C=O) groups excluding carboxylic acids is 3. The number of amides is 3. The molecule has 0 spiro atoms. The monoisotopic (exact) mass is 423 g/mol. The quantitative estimate of drug-likeness (QED) is 0.691. The molecule has 0 unspecified atom stereocenters. The summed E-state index contributed by atoms with van der Waals surface area (Å²) in [5.74, 6) is -0.757. The second-order valence-corrected chi connectivity index (χ2v) is 7.54. The molecule has 3 rings (SSSR count). The topological polar surface area (TPSA) is 79.0 Å². The molecule has 0 aliphatic carbocycles.